The molecule has 27 heavy (non-hydrogen) atoms. The van der Waals surface area contributed by atoms with Crippen LogP contribution in [0.15, 0.2) is 42.6 Å². The van der Waals surface area contributed by atoms with Gasteiger partial charge in [0.1, 0.15) is 5.82 Å². The van der Waals surface area contributed by atoms with Crippen LogP contribution in [0, 0.1) is 0 Å². The second-order valence-corrected chi connectivity index (χ2v) is 8.29. The van der Waals surface area contributed by atoms with E-state index in [9.17, 15) is 4.79 Å². The molecule has 0 aliphatic carbocycles. The second-order valence-electron chi connectivity index (χ2n) is 8.29. The van der Waals surface area contributed by atoms with E-state index in [1.54, 1.807) is 0 Å². The summed E-state index contributed by atoms with van der Waals surface area (Å²) in [5.41, 5.74) is 3.06. The lowest BCUT2D eigenvalue weighted by atomic mass is 9.87. The number of rotatable bonds is 4. The Labute approximate surface area is 162 Å². The molecule has 144 valence electrons. The molecule has 1 saturated heterocycles. The van der Waals surface area contributed by atoms with Crippen LogP contribution in [0.4, 0.5) is 5.82 Å². The van der Waals surface area contributed by atoms with Gasteiger partial charge in [-0.2, -0.15) is 0 Å². The molecule has 0 radical (unpaired) electrons. The third-order valence-electron chi connectivity index (χ3n) is 5.12. The number of carbonyl (C=O) groups excluding carboxylic acids is 1. The Balaban J connectivity index is 1.65. The van der Waals surface area contributed by atoms with Crippen molar-refractivity contribution in [1.82, 2.24) is 15.2 Å². The molecular formula is C22H30N4O. The van der Waals surface area contributed by atoms with Crippen molar-refractivity contribution in [1.29, 1.82) is 0 Å². The number of nitrogens with one attached hydrogen (secondary N) is 1. The van der Waals surface area contributed by atoms with Gasteiger partial charge in [-0.05, 0) is 36.2 Å². The number of anilines is 1. The van der Waals surface area contributed by atoms with Crippen molar-refractivity contribution in [3.63, 3.8) is 0 Å². The first-order valence-corrected chi connectivity index (χ1v) is 9.61. The molecule has 1 fully saturated rings. The van der Waals surface area contributed by atoms with Crippen LogP contribution in [0.1, 0.15) is 42.3 Å². The largest absolute Gasteiger partial charge is 0.354 e. The van der Waals surface area contributed by atoms with Gasteiger partial charge >= 0.3 is 0 Å². The minimum atomic E-state index is -0.0522. The summed E-state index contributed by atoms with van der Waals surface area (Å²) < 4.78 is 0. The third-order valence-corrected chi connectivity index (χ3v) is 5.12. The van der Waals surface area contributed by atoms with Gasteiger partial charge in [0.05, 0.1) is 0 Å². The van der Waals surface area contributed by atoms with Crippen LogP contribution in [0.2, 0.25) is 0 Å². The maximum absolute atomic E-state index is 12.6. The van der Waals surface area contributed by atoms with Crippen LogP contribution in [-0.2, 0) is 12.0 Å². The molecule has 1 aliphatic rings. The third kappa shape index (κ3) is 4.86. The molecule has 2 aromatic rings. The molecule has 1 amide bonds. The number of hydrogen-bond donors (Lipinski definition) is 1. The van der Waals surface area contributed by atoms with Crippen molar-refractivity contribution in [3.05, 3.63) is 59.3 Å². The normalized spacial score (nSPS) is 15.6. The fraction of sp³-hybridized carbons (Fsp3) is 0.455. The minimum absolute atomic E-state index is 0.0522. The van der Waals surface area contributed by atoms with Crippen molar-refractivity contribution < 1.29 is 4.79 Å². The van der Waals surface area contributed by atoms with Gasteiger partial charge in [0.2, 0.25) is 0 Å². The van der Waals surface area contributed by atoms with Crippen LogP contribution in [0.5, 0.6) is 0 Å². The van der Waals surface area contributed by atoms with Gasteiger partial charge in [-0.15, -0.1) is 0 Å². The van der Waals surface area contributed by atoms with E-state index >= 15 is 0 Å². The second kappa shape index (κ2) is 8.09. The van der Waals surface area contributed by atoms with Gasteiger partial charge in [-0.25, -0.2) is 4.98 Å². The standard InChI is InChI=1S/C22H30N4O/c1-22(2,3)19-9-7-17(8-10-19)21(27)24-16-18-6-5-11-23-20(18)26-14-12-25(4)13-15-26/h5-11H,12-16H2,1-4H3,(H,24,27). The van der Waals surface area contributed by atoms with Crippen LogP contribution in [0.25, 0.3) is 0 Å². The topological polar surface area (TPSA) is 48.5 Å². The highest BCUT2D eigenvalue weighted by atomic mass is 16.1. The number of hydrogen-bond acceptors (Lipinski definition) is 4. The van der Waals surface area contributed by atoms with E-state index in [0.717, 1.165) is 37.6 Å². The zero-order valence-corrected chi connectivity index (χ0v) is 16.8. The van der Waals surface area contributed by atoms with E-state index in [-0.39, 0.29) is 11.3 Å². The van der Waals surface area contributed by atoms with Crippen LogP contribution >= 0.6 is 0 Å². The molecular weight excluding hydrogens is 336 g/mol. The Morgan fingerprint density at radius 2 is 1.74 bits per heavy atom. The first-order valence-electron chi connectivity index (χ1n) is 9.61. The van der Waals surface area contributed by atoms with Crippen molar-refractivity contribution in [2.75, 3.05) is 38.1 Å². The average Bonchev–Trinajstić information content (AvgIpc) is 2.66. The number of pyridine rings is 1. The lowest BCUT2D eigenvalue weighted by Crippen LogP contribution is -2.45. The first-order chi connectivity index (χ1) is 12.8. The summed E-state index contributed by atoms with van der Waals surface area (Å²) in [5, 5.41) is 3.05. The molecule has 2 heterocycles. The van der Waals surface area contributed by atoms with Crippen molar-refractivity contribution >= 4 is 11.7 Å². The van der Waals surface area contributed by atoms with Crippen molar-refractivity contribution in [2.45, 2.75) is 32.7 Å². The molecule has 0 bridgehead atoms. The molecule has 5 heteroatoms. The monoisotopic (exact) mass is 366 g/mol. The Kier molecular flexibility index (Phi) is 5.80. The first kappa shape index (κ1) is 19.4. The highest BCUT2D eigenvalue weighted by Gasteiger charge is 2.18. The summed E-state index contributed by atoms with van der Waals surface area (Å²) in [6.45, 7) is 11.0. The maximum atomic E-state index is 12.6. The van der Waals surface area contributed by atoms with Gasteiger partial charge in [0.25, 0.3) is 5.91 Å². The summed E-state index contributed by atoms with van der Waals surface area (Å²) in [6, 6.07) is 11.9. The lowest BCUT2D eigenvalue weighted by molar-refractivity contribution is 0.0951. The SMILES string of the molecule is CN1CCN(c2ncccc2CNC(=O)c2ccc(C(C)(C)C)cc2)CC1. The van der Waals surface area contributed by atoms with Crippen LogP contribution in [-0.4, -0.2) is 49.0 Å². The smallest absolute Gasteiger partial charge is 0.251 e. The molecule has 0 spiro atoms. The number of likely N-dealkylation sites (N-methyl/N-ethyl adjacent to an activating group) is 1. The minimum Gasteiger partial charge on any atom is -0.354 e. The Morgan fingerprint density at radius 1 is 1.07 bits per heavy atom. The summed E-state index contributed by atoms with van der Waals surface area (Å²) in [6.07, 6.45) is 1.82. The number of amides is 1. The van der Waals surface area contributed by atoms with Gasteiger partial charge in [0.15, 0.2) is 0 Å². The molecule has 1 aromatic carbocycles. The van der Waals surface area contributed by atoms with Gasteiger partial charge in [-0.3, -0.25) is 4.79 Å². The highest BCUT2D eigenvalue weighted by Crippen LogP contribution is 2.22. The zero-order chi connectivity index (χ0) is 19.4. The molecule has 0 unspecified atom stereocenters. The Bertz CT molecular complexity index is 772. The highest BCUT2D eigenvalue weighted by molar-refractivity contribution is 5.94. The molecule has 0 atom stereocenters. The van der Waals surface area contributed by atoms with E-state index in [0.29, 0.717) is 12.1 Å². The molecule has 3 rings (SSSR count). The number of benzene rings is 1. The molecule has 1 aliphatic heterocycles. The Morgan fingerprint density at radius 3 is 2.37 bits per heavy atom. The average molecular weight is 367 g/mol. The number of nitrogens with zero attached hydrogens (tertiary/aromatic N) is 3. The number of aromatic nitrogens is 1. The van der Waals surface area contributed by atoms with E-state index in [4.69, 9.17) is 0 Å². The molecule has 1 aromatic heterocycles. The van der Waals surface area contributed by atoms with Crippen molar-refractivity contribution in [2.24, 2.45) is 0 Å². The summed E-state index contributed by atoms with van der Waals surface area (Å²) >= 11 is 0. The molecule has 5 nitrogen and oxygen atoms in total. The van der Waals surface area contributed by atoms with Crippen LogP contribution in [0.3, 0.4) is 0 Å². The molecule has 1 N–H and O–H groups in total. The predicted molar refractivity (Wildman–Crippen MR) is 110 cm³/mol. The quantitative estimate of drug-likeness (QED) is 0.903. The van der Waals surface area contributed by atoms with E-state index < -0.39 is 0 Å². The number of piperazine rings is 1. The van der Waals surface area contributed by atoms with E-state index in [2.05, 4.69) is 47.9 Å². The predicted octanol–water partition coefficient (Wildman–Crippen LogP) is 3.06. The van der Waals surface area contributed by atoms with Gasteiger partial charge in [0, 0.05) is 50.0 Å². The Hall–Kier alpha value is -2.40. The molecule has 0 saturated carbocycles. The maximum Gasteiger partial charge on any atom is 0.251 e. The fourth-order valence-corrected chi connectivity index (χ4v) is 3.27. The summed E-state index contributed by atoms with van der Waals surface area (Å²) in [5.74, 6) is 0.928. The van der Waals surface area contributed by atoms with Gasteiger partial charge in [-0.1, -0.05) is 39.0 Å². The fourth-order valence-electron chi connectivity index (χ4n) is 3.27. The zero-order valence-electron chi connectivity index (χ0n) is 16.8. The van der Waals surface area contributed by atoms with E-state index in [1.807, 2.05) is 42.6 Å². The van der Waals surface area contributed by atoms with Gasteiger partial charge < -0.3 is 15.1 Å². The lowest BCUT2D eigenvalue weighted by Gasteiger charge is -2.34. The van der Waals surface area contributed by atoms with E-state index in [1.165, 1.54) is 5.56 Å². The summed E-state index contributed by atoms with van der Waals surface area (Å²) in [4.78, 5) is 21.8. The van der Waals surface area contributed by atoms with Crippen LogP contribution < -0.4 is 10.2 Å². The van der Waals surface area contributed by atoms with Crippen molar-refractivity contribution in [3.8, 4) is 0 Å². The number of carbonyl (C=O) groups is 1. The summed E-state index contributed by atoms with van der Waals surface area (Å²) in [7, 11) is 2.14.